The molecule has 17 heavy (non-hydrogen) atoms. The SMILES string of the molecule is CC(O)CN(C)Cc1cccc(C(=N)N)c1F. The van der Waals surface area contributed by atoms with Crippen molar-refractivity contribution in [3.8, 4) is 0 Å². The Hall–Kier alpha value is -1.46. The van der Waals surface area contributed by atoms with Crippen LogP contribution >= 0.6 is 0 Å². The molecule has 0 aliphatic rings. The van der Waals surface area contributed by atoms with Gasteiger partial charge in [-0.25, -0.2) is 4.39 Å². The van der Waals surface area contributed by atoms with Gasteiger partial charge in [-0.15, -0.1) is 0 Å². The third-order valence-corrected chi connectivity index (χ3v) is 2.39. The number of likely N-dealkylation sites (N-methyl/N-ethyl adjacent to an activating group) is 1. The van der Waals surface area contributed by atoms with Crippen molar-refractivity contribution >= 4 is 5.84 Å². The van der Waals surface area contributed by atoms with Crippen molar-refractivity contribution in [3.05, 3.63) is 35.1 Å². The topological polar surface area (TPSA) is 73.3 Å². The second-order valence-electron chi connectivity index (χ2n) is 4.24. The number of nitrogens with two attached hydrogens (primary N) is 1. The fourth-order valence-corrected chi connectivity index (χ4v) is 1.72. The quantitative estimate of drug-likeness (QED) is 0.528. The highest BCUT2D eigenvalue weighted by Gasteiger charge is 2.12. The van der Waals surface area contributed by atoms with Gasteiger partial charge in [0.1, 0.15) is 11.7 Å². The fourth-order valence-electron chi connectivity index (χ4n) is 1.72. The molecule has 0 saturated carbocycles. The lowest BCUT2D eigenvalue weighted by Crippen LogP contribution is -2.27. The Balaban J connectivity index is 2.85. The van der Waals surface area contributed by atoms with Crippen LogP contribution in [0, 0.1) is 11.2 Å². The molecule has 0 aliphatic heterocycles. The first-order valence-electron chi connectivity index (χ1n) is 5.40. The second-order valence-corrected chi connectivity index (χ2v) is 4.24. The summed E-state index contributed by atoms with van der Waals surface area (Å²) in [6.45, 7) is 2.51. The van der Waals surface area contributed by atoms with Crippen LogP contribution in [-0.4, -0.2) is 35.5 Å². The molecule has 0 aromatic heterocycles. The number of aliphatic hydroxyl groups is 1. The summed E-state index contributed by atoms with van der Waals surface area (Å²) in [5.41, 5.74) is 5.88. The summed E-state index contributed by atoms with van der Waals surface area (Å²) in [7, 11) is 1.80. The van der Waals surface area contributed by atoms with Gasteiger partial charge in [0.2, 0.25) is 0 Å². The average Bonchev–Trinajstić information content (AvgIpc) is 2.19. The maximum atomic E-state index is 13.9. The summed E-state index contributed by atoms with van der Waals surface area (Å²) in [5, 5.41) is 16.5. The van der Waals surface area contributed by atoms with Crippen LogP contribution in [0.4, 0.5) is 4.39 Å². The van der Waals surface area contributed by atoms with Crippen LogP contribution in [0.25, 0.3) is 0 Å². The molecule has 1 rings (SSSR count). The molecule has 4 N–H and O–H groups in total. The van der Waals surface area contributed by atoms with Crippen LogP contribution in [0.15, 0.2) is 18.2 Å². The average molecular weight is 239 g/mol. The molecule has 0 aliphatic carbocycles. The molecule has 0 bridgehead atoms. The van der Waals surface area contributed by atoms with Gasteiger partial charge < -0.3 is 10.8 Å². The van der Waals surface area contributed by atoms with Crippen LogP contribution < -0.4 is 5.73 Å². The van der Waals surface area contributed by atoms with Crippen LogP contribution in [-0.2, 0) is 6.54 Å². The minimum absolute atomic E-state index is 0.118. The Morgan fingerprint density at radius 3 is 2.76 bits per heavy atom. The van der Waals surface area contributed by atoms with Crippen LogP contribution in [0.5, 0.6) is 0 Å². The zero-order valence-electron chi connectivity index (χ0n) is 10.1. The number of rotatable bonds is 5. The Labute approximate surface area is 100 Å². The Morgan fingerprint density at radius 1 is 1.59 bits per heavy atom. The van der Waals surface area contributed by atoms with Gasteiger partial charge in [0.25, 0.3) is 0 Å². The van der Waals surface area contributed by atoms with Gasteiger partial charge in [0.15, 0.2) is 0 Å². The molecule has 4 nitrogen and oxygen atoms in total. The van der Waals surface area contributed by atoms with Gasteiger partial charge in [-0.2, -0.15) is 0 Å². The molecule has 1 aromatic rings. The summed E-state index contributed by atoms with van der Waals surface area (Å²) >= 11 is 0. The van der Waals surface area contributed by atoms with E-state index in [0.717, 1.165) is 0 Å². The fraction of sp³-hybridized carbons (Fsp3) is 0.417. The molecule has 1 atom stereocenters. The predicted octanol–water partition coefficient (Wildman–Crippen LogP) is 0.922. The Bertz CT molecular complexity index is 407. The standard InChI is InChI=1S/C12H18FN3O/c1-8(17)6-16(2)7-9-4-3-5-10(11(9)13)12(14)15/h3-5,8,17H,6-7H2,1-2H3,(H3,14,15). The monoisotopic (exact) mass is 239 g/mol. The van der Waals surface area contributed by atoms with Crippen molar-refractivity contribution in [2.24, 2.45) is 5.73 Å². The maximum absolute atomic E-state index is 13.9. The molecule has 1 unspecified atom stereocenters. The third kappa shape index (κ3) is 3.80. The molecule has 1 aromatic carbocycles. The number of nitrogens with one attached hydrogen (secondary N) is 1. The first-order chi connectivity index (χ1) is 7.91. The zero-order chi connectivity index (χ0) is 13.0. The molecule has 5 heteroatoms. The number of halogens is 1. The van der Waals surface area contributed by atoms with E-state index in [2.05, 4.69) is 0 Å². The minimum atomic E-state index is -0.461. The normalized spacial score (nSPS) is 12.8. The number of hydrogen-bond acceptors (Lipinski definition) is 3. The van der Waals surface area contributed by atoms with E-state index in [1.165, 1.54) is 6.07 Å². The summed E-state index contributed by atoms with van der Waals surface area (Å²) in [6, 6.07) is 4.81. The first-order valence-corrected chi connectivity index (χ1v) is 5.40. The molecule has 0 fully saturated rings. The van der Waals surface area contributed by atoms with Gasteiger partial charge >= 0.3 is 0 Å². The van der Waals surface area contributed by atoms with Crippen molar-refractivity contribution in [1.29, 1.82) is 5.41 Å². The number of nitrogen functional groups attached to an aromatic ring is 1. The van der Waals surface area contributed by atoms with E-state index in [0.29, 0.717) is 18.7 Å². The molecule has 0 spiro atoms. The van der Waals surface area contributed by atoms with E-state index in [1.54, 1.807) is 26.1 Å². The highest BCUT2D eigenvalue weighted by Crippen LogP contribution is 2.14. The Morgan fingerprint density at radius 2 is 2.24 bits per heavy atom. The van der Waals surface area contributed by atoms with Crippen molar-refractivity contribution < 1.29 is 9.50 Å². The van der Waals surface area contributed by atoms with E-state index in [-0.39, 0.29) is 11.4 Å². The Kier molecular flexibility index (Phi) is 4.60. The second kappa shape index (κ2) is 5.75. The minimum Gasteiger partial charge on any atom is -0.392 e. The van der Waals surface area contributed by atoms with Crippen molar-refractivity contribution in [2.45, 2.75) is 19.6 Å². The van der Waals surface area contributed by atoms with Crippen LogP contribution in [0.2, 0.25) is 0 Å². The van der Waals surface area contributed by atoms with Gasteiger partial charge in [0, 0.05) is 18.7 Å². The molecular weight excluding hydrogens is 221 g/mol. The van der Waals surface area contributed by atoms with Gasteiger partial charge in [0.05, 0.1) is 11.7 Å². The lowest BCUT2D eigenvalue weighted by Gasteiger charge is -2.19. The zero-order valence-corrected chi connectivity index (χ0v) is 10.1. The number of amidine groups is 1. The van der Waals surface area contributed by atoms with E-state index in [1.807, 2.05) is 4.90 Å². The predicted molar refractivity (Wildman–Crippen MR) is 65.4 cm³/mol. The van der Waals surface area contributed by atoms with Gasteiger partial charge in [-0.3, -0.25) is 10.3 Å². The van der Waals surface area contributed by atoms with E-state index in [9.17, 15) is 9.50 Å². The summed E-state index contributed by atoms with van der Waals surface area (Å²) in [4.78, 5) is 1.81. The third-order valence-electron chi connectivity index (χ3n) is 2.39. The van der Waals surface area contributed by atoms with E-state index >= 15 is 0 Å². The number of hydrogen-bond donors (Lipinski definition) is 3. The van der Waals surface area contributed by atoms with Crippen molar-refractivity contribution in [2.75, 3.05) is 13.6 Å². The smallest absolute Gasteiger partial charge is 0.138 e. The highest BCUT2D eigenvalue weighted by molar-refractivity contribution is 5.95. The first kappa shape index (κ1) is 13.6. The summed E-state index contributed by atoms with van der Waals surface area (Å²) < 4.78 is 13.9. The van der Waals surface area contributed by atoms with Gasteiger partial charge in [-0.05, 0) is 20.0 Å². The molecular formula is C12H18FN3O. The van der Waals surface area contributed by atoms with Gasteiger partial charge in [-0.1, -0.05) is 12.1 Å². The lowest BCUT2D eigenvalue weighted by molar-refractivity contribution is 0.137. The van der Waals surface area contributed by atoms with Crippen molar-refractivity contribution in [1.82, 2.24) is 4.90 Å². The number of benzene rings is 1. The van der Waals surface area contributed by atoms with E-state index < -0.39 is 11.9 Å². The highest BCUT2D eigenvalue weighted by atomic mass is 19.1. The van der Waals surface area contributed by atoms with Crippen LogP contribution in [0.3, 0.4) is 0 Å². The molecule has 94 valence electrons. The number of aliphatic hydroxyl groups excluding tert-OH is 1. The molecule has 0 heterocycles. The summed E-state index contributed by atoms with van der Waals surface area (Å²) in [6.07, 6.45) is -0.459. The van der Waals surface area contributed by atoms with Crippen LogP contribution in [0.1, 0.15) is 18.1 Å². The molecule has 0 radical (unpaired) electrons. The molecule has 0 saturated heterocycles. The maximum Gasteiger partial charge on any atom is 0.138 e. The summed E-state index contributed by atoms with van der Waals surface area (Å²) in [5.74, 6) is -0.736. The van der Waals surface area contributed by atoms with E-state index in [4.69, 9.17) is 11.1 Å². The molecule has 0 amide bonds. The largest absolute Gasteiger partial charge is 0.392 e. The van der Waals surface area contributed by atoms with Crippen molar-refractivity contribution in [3.63, 3.8) is 0 Å². The lowest BCUT2D eigenvalue weighted by atomic mass is 10.1. The number of nitrogens with zero attached hydrogens (tertiary/aromatic N) is 1.